The van der Waals surface area contributed by atoms with E-state index in [2.05, 4.69) is 24.9 Å². The molecule has 0 aromatic carbocycles. The zero-order valence-corrected chi connectivity index (χ0v) is 13.9. The number of nitrogens with zero attached hydrogens (tertiary/aromatic N) is 6. The predicted octanol–water partition coefficient (Wildman–Crippen LogP) is -1.33. The molecule has 5 N–H and O–H groups in total. The normalized spacial score (nSPS) is 27.9. The summed E-state index contributed by atoms with van der Waals surface area (Å²) in [6.07, 6.45) is 4.23. The number of aromatic nitrogens is 6. The van der Waals surface area contributed by atoms with Gasteiger partial charge in [-0.2, -0.15) is 0 Å². The van der Waals surface area contributed by atoms with Gasteiger partial charge in [-0.25, -0.2) is 24.9 Å². The molecule has 3 aromatic rings. The molecule has 0 unspecified atom stereocenters. The fourth-order valence-electron chi connectivity index (χ4n) is 2.74. The fraction of sp³-hybridized carbons (Fsp3) is 0.400. The summed E-state index contributed by atoms with van der Waals surface area (Å²) in [4.78, 5) is 19.4. The van der Waals surface area contributed by atoms with Gasteiger partial charge in [0.05, 0.1) is 12.9 Å². The molecule has 0 aliphatic carbocycles. The van der Waals surface area contributed by atoms with Crippen molar-refractivity contribution in [1.29, 1.82) is 0 Å². The molecule has 4 rings (SSSR count). The number of aliphatic hydroxyl groups is 3. The van der Waals surface area contributed by atoms with Crippen molar-refractivity contribution in [2.45, 2.75) is 31.0 Å². The van der Waals surface area contributed by atoms with Gasteiger partial charge in [0, 0.05) is 12.4 Å². The smallest absolute Gasteiger partial charge is 0.173 e. The van der Waals surface area contributed by atoms with Crippen molar-refractivity contribution in [3.05, 3.63) is 37.4 Å². The first-order valence-corrected chi connectivity index (χ1v) is 7.78. The molecule has 0 saturated carbocycles. The number of hydrogen-bond donors (Lipinski definition) is 4. The zero-order chi connectivity index (χ0) is 18.7. The van der Waals surface area contributed by atoms with Crippen LogP contribution in [0.1, 0.15) is 6.92 Å². The van der Waals surface area contributed by atoms with E-state index in [-0.39, 0.29) is 5.82 Å². The summed E-state index contributed by atoms with van der Waals surface area (Å²) in [6.45, 7) is 1.17. The molecule has 1 fully saturated rings. The van der Waals surface area contributed by atoms with E-state index in [1.165, 1.54) is 23.5 Å². The summed E-state index contributed by atoms with van der Waals surface area (Å²) < 4.78 is 7.06. The van der Waals surface area contributed by atoms with Crippen LogP contribution in [0, 0.1) is 0 Å². The first kappa shape index (κ1) is 18.1. The van der Waals surface area contributed by atoms with Crippen molar-refractivity contribution in [2.75, 3.05) is 12.3 Å². The van der Waals surface area contributed by atoms with E-state index < -0.39 is 30.6 Å². The summed E-state index contributed by atoms with van der Waals surface area (Å²) in [5, 5.41) is 29.3. The Bertz CT molecular complexity index is 835. The Morgan fingerprint density at radius 1 is 1.19 bits per heavy atom. The van der Waals surface area contributed by atoms with E-state index in [4.69, 9.17) is 10.5 Å². The monoisotopic (exact) mass is 361 g/mol. The van der Waals surface area contributed by atoms with Gasteiger partial charge in [0.25, 0.3) is 0 Å². The average Bonchev–Trinajstić information content (AvgIpc) is 3.21. The molecule has 1 aliphatic heterocycles. The minimum atomic E-state index is -1.30. The van der Waals surface area contributed by atoms with Gasteiger partial charge >= 0.3 is 0 Å². The maximum Gasteiger partial charge on any atom is 0.173 e. The second-order valence-corrected chi connectivity index (χ2v) is 5.78. The second-order valence-electron chi connectivity index (χ2n) is 5.78. The molecular weight excluding hydrogens is 342 g/mol. The molecule has 4 heterocycles. The standard InChI is InChI=1S/C11H15N5O4.C4H4N2/c1-11(8(19)7(18)5(2-17)20-11)16-4-15-6-9(12)13-3-14-10(6)16;1-2-5-4-6-3-1/h3-5,7-8,17-19H,2H2,1H3,(H2,12,13,14);1-4H/t5-,7-,8-,11-;/m1./s1. The number of nitrogens with two attached hydrogens (primary N) is 1. The lowest BCUT2D eigenvalue weighted by molar-refractivity contribution is -0.132. The maximum atomic E-state index is 10.2. The third-order valence-corrected chi connectivity index (χ3v) is 4.14. The van der Waals surface area contributed by atoms with Crippen molar-refractivity contribution in [2.24, 2.45) is 0 Å². The molecule has 0 amide bonds. The van der Waals surface area contributed by atoms with E-state index in [9.17, 15) is 15.3 Å². The van der Waals surface area contributed by atoms with E-state index in [0.29, 0.717) is 11.2 Å². The lowest BCUT2D eigenvalue weighted by Gasteiger charge is -2.29. The Labute approximate surface area is 148 Å². The lowest BCUT2D eigenvalue weighted by Crippen LogP contribution is -2.43. The zero-order valence-electron chi connectivity index (χ0n) is 13.9. The van der Waals surface area contributed by atoms with Crippen molar-refractivity contribution in [3.8, 4) is 0 Å². The van der Waals surface area contributed by atoms with Gasteiger partial charge in [-0.3, -0.25) is 4.57 Å². The largest absolute Gasteiger partial charge is 0.394 e. The van der Waals surface area contributed by atoms with Gasteiger partial charge in [-0.15, -0.1) is 0 Å². The molecular formula is C15H19N7O4. The number of hydrogen-bond acceptors (Lipinski definition) is 10. The highest BCUT2D eigenvalue weighted by Gasteiger charge is 2.52. The molecule has 1 aliphatic rings. The van der Waals surface area contributed by atoms with Gasteiger partial charge < -0.3 is 25.8 Å². The predicted molar refractivity (Wildman–Crippen MR) is 89.4 cm³/mol. The van der Waals surface area contributed by atoms with Crippen LogP contribution in [-0.2, 0) is 10.5 Å². The molecule has 0 spiro atoms. The number of imidazole rings is 1. The Kier molecular flexibility index (Phi) is 5.04. The second kappa shape index (κ2) is 7.25. The summed E-state index contributed by atoms with van der Waals surface area (Å²) in [6, 6.07) is 1.78. The number of ether oxygens (including phenoxy) is 1. The van der Waals surface area contributed by atoms with E-state index in [1.54, 1.807) is 25.4 Å². The van der Waals surface area contributed by atoms with Crippen molar-refractivity contribution in [3.63, 3.8) is 0 Å². The molecule has 11 nitrogen and oxygen atoms in total. The van der Waals surface area contributed by atoms with Gasteiger partial charge in [0.2, 0.25) is 0 Å². The van der Waals surface area contributed by atoms with Gasteiger partial charge in [0.1, 0.15) is 36.5 Å². The Balaban J connectivity index is 0.000000278. The van der Waals surface area contributed by atoms with E-state index >= 15 is 0 Å². The summed E-state index contributed by atoms with van der Waals surface area (Å²) in [7, 11) is 0. The highest BCUT2D eigenvalue weighted by atomic mass is 16.6. The highest BCUT2D eigenvalue weighted by molar-refractivity contribution is 5.81. The number of aliphatic hydroxyl groups excluding tert-OH is 3. The first-order valence-electron chi connectivity index (χ1n) is 7.78. The van der Waals surface area contributed by atoms with Crippen molar-refractivity contribution in [1.82, 2.24) is 29.5 Å². The van der Waals surface area contributed by atoms with Crippen molar-refractivity contribution >= 4 is 17.0 Å². The Morgan fingerprint density at radius 2 is 1.92 bits per heavy atom. The van der Waals surface area contributed by atoms with Crippen LogP contribution in [0.3, 0.4) is 0 Å². The summed E-state index contributed by atoms with van der Waals surface area (Å²) in [5.74, 6) is 0.212. The third-order valence-electron chi connectivity index (χ3n) is 4.14. The topological polar surface area (TPSA) is 165 Å². The molecule has 0 bridgehead atoms. The Morgan fingerprint density at radius 3 is 2.46 bits per heavy atom. The van der Waals surface area contributed by atoms with Crippen LogP contribution in [0.2, 0.25) is 0 Å². The molecule has 26 heavy (non-hydrogen) atoms. The van der Waals surface area contributed by atoms with Crippen LogP contribution in [0.15, 0.2) is 37.4 Å². The van der Waals surface area contributed by atoms with Gasteiger partial charge in [-0.1, -0.05) is 0 Å². The van der Waals surface area contributed by atoms with Crippen LogP contribution >= 0.6 is 0 Å². The van der Waals surface area contributed by atoms with Crippen LogP contribution in [0.25, 0.3) is 11.2 Å². The lowest BCUT2D eigenvalue weighted by atomic mass is 10.0. The molecule has 4 atom stereocenters. The van der Waals surface area contributed by atoms with Gasteiger partial charge in [0.15, 0.2) is 17.2 Å². The highest BCUT2D eigenvalue weighted by Crippen LogP contribution is 2.37. The van der Waals surface area contributed by atoms with Crippen molar-refractivity contribution < 1.29 is 20.1 Å². The third kappa shape index (κ3) is 3.08. The van der Waals surface area contributed by atoms with Crippen LogP contribution < -0.4 is 5.73 Å². The Hall–Kier alpha value is -2.73. The summed E-state index contributed by atoms with van der Waals surface area (Å²) in [5.41, 5.74) is 5.16. The first-order chi connectivity index (χ1) is 12.5. The SMILES string of the molecule is C[C@@]1(n2cnc3c(N)ncnc32)O[C@H](CO)[C@@H](O)[C@H]1O.c1cncnc1. The molecule has 11 heteroatoms. The minimum Gasteiger partial charge on any atom is -0.394 e. The van der Waals surface area contributed by atoms with Crippen LogP contribution in [0.4, 0.5) is 5.82 Å². The number of nitrogen functional groups attached to an aromatic ring is 1. The van der Waals surface area contributed by atoms with Crippen LogP contribution in [0.5, 0.6) is 0 Å². The fourth-order valence-corrected chi connectivity index (χ4v) is 2.74. The van der Waals surface area contributed by atoms with Gasteiger partial charge in [-0.05, 0) is 13.0 Å². The molecule has 0 radical (unpaired) electrons. The quantitative estimate of drug-likeness (QED) is 0.429. The van der Waals surface area contributed by atoms with Crippen LogP contribution in [-0.4, -0.2) is 69.7 Å². The van der Waals surface area contributed by atoms with E-state index in [0.717, 1.165) is 0 Å². The summed E-state index contributed by atoms with van der Waals surface area (Å²) >= 11 is 0. The number of anilines is 1. The average molecular weight is 361 g/mol. The number of fused-ring (bicyclic) bond motifs is 1. The maximum absolute atomic E-state index is 10.2. The molecule has 138 valence electrons. The molecule has 1 saturated heterocycles. The molecule has 3 aromatic heterocycles. The number of rotatable bonds is 2. The minimum absolute atomic E-state index is 0.212. The van der Waals surface area contributed by atoms with E-state index in [1.807, 2.05) is 0 Å².